The molecule has 0 radical (unpaired) electrons. The summed E-state index contributed by atoms with van der Waals surface area (Å²) in [6, 6.07) is 13.4. The van der Waals surface area contributed by atoms with Gasteiger partial charge in [0.05, 0.1) is 18.8 Å². The van der Waals surface area contributed by atoms with Crippen LogP contribution < -0.4 is 10.6 Å². The van der Waals surface area contributed by atoms with E-state index in [0.717, 1.165) is 26.8 Å². The van der Waals surface area contributed by atoms with Crippen molar-refractivity contribution < 1.29 is 4.79 Å². The predicted molar refractivity (Wildman–Crippen MR) is 93.4 cm³/mol. The Morgan fingerprint density at radius 1 is 1.04 bits per heavy atom. The van der Waals surface area contributed by atoms with E-state index in [1.165, 1.54) is 11.3 Å². The van der Waals surface area contributed by atoms with Gasteiger partial charge in [-0.05, 0) is 18.6 Å². The number of carbonyl (C=O) groups is 1. The summed E-state index contributed by atoms with van der Waals surface area (Å²) in [5.74, 6) is 0. The lowest BCUT2D eigenvalue weighted by Crippen LogP contribution is -2.34. The molecule has 2 heterocycles. The molecule has 2 amide bonds. The first-order valence-corrected chi connectivity index (χ1v) is 8.34. The van der Waals surface area contributed by atoms with Crippen molar-refractivity contribution in [3.8, 4) is 10.6 Å². The maximum absolute atomic E-state index is 11.9. The molecule has 7 heteroatoms. The molecular weight excluding hydrogens is 322 g/mol. The van der Waals surface area contributed by atoms with E-state index in [1.807, 2.05) is 49.4 Å². The molecule has 0 saturated heterocycles. The molecule has 0 atom stereocenters. The molecule has 0 aliphatic heterocycles. The molecule has 2 aromatic heterocycles. The minimum Gasteiger partial charge on any atom is -0.332 e. The Hall–Kier alpha value is -2.80. The van der Waals surface area contributed by atoms with Gasteiger partial charge in [-0.2, -0.15) is 0 Å². The number of hydrogen-bond acceptors (Lipinski definition) is 5. The quantitative estimate of drug-likeness (QED) is 0.749. The van der Waals surface area contributed by atoms with E-state index in [9.17, 15) is 4.79 Å². The number of hydrogen-bond donors (Lipinski definition) is 2. The fourth-order valence-electron chi connectivity index (χ4n) is 2.11. The molecule has 24 heavy (non-hydrogen) atoms. The van der Waals surface area contributed by atoms with Crippen LogP contribution in [0.5, 0.6) is 0 Å². The van der Waals surface area contributed by atoms with Crippen LogP contribution >= 0.6 is 11.3 Å². The van der Waals surface area contributed by atoms with Crippen LogP contribution in [0.2, 0.25) is 0 Å². The van der Waals surface area contributed by atoms with E-state index in [0.29, 0.717) is 13.1 Å². The van der Waals surface area contributed by atoms with Crippen LogP contribution in [-0.2, 0) is 13.1 Å². The first kappa shape index (κ1) is 16.1. The summed E-state index contributed by atoms with van der Waals surface area (Å²) in [6.07, 6.45) is 1.72. The van der Waals surface area contributed by atoms with Gasteiger partial charge in [-0.3, -0.25) is 4.98 Å². The van der Waals surface area contributed by atoms with Crippen molar-refractivity contribution in [2.75, 3.05) is 0 Å². The molecule has 6 nitrogen and oxygen atoms in total. The Balaban J connectivity index is 1.50. The Labute approximate surface area is 144 Å². The lowest BCUT2D eigenvalue weighted by molar-refractivity contribution is 0.240. The van der Waals surface area contributed by atoms with Crippen molar-refractivity contribution in [1.82, 2.24) is 25.8 Å². The summed E-state index contributed by atoms with van der Waals surface area (Å²) in [5, 5.41) is 15.4. The van der Waals surface area contributed by atoms with E-state index < -0.39 is 0 Å². The van der Waals surface area contributed by atoms with Gasteiger partial charge in [-0.25, -0.2) is 4.79 Å². The van der Waals surface area contributed by atoms with Gasteiger partial charge in [-0.1, -0.05) is 47.7 Å². The maximum Gasteiger partial charge on any atom is 0.315 e. The van der Waals surface area contributed by atoms with E-state index in [4.69, 9.17) is 0 Å². The number of nitrogens with zero attached hydrogens (tertiary/aromatic N) is 3. The van der Waals surface area contributed by atoms with Gasteiger partial charge in [0.25, 0.3) is 0 Å². The molecule has 0 spiro atoms. The highest BCUT2D eigenvalue weighted by Crippen LogP contribution is 2.22. The van der Waals surface area contributed by atoms with Crippen molar-refractivity contribution in [1.29, 1.82) is 0 Å². The van der Waals surface area contributed by atoms with Crippen molar-refractivity contribution >= 4 is 17.4 Å². The zero-order valence-electron chi connectivity index (χ0n) is 13.2. The number of benzene rings is 1. The third-order valence-corrected chi connectivity index (χ3v) is 4.39. The van der Waals surface area contributed by atoms with E-state index >= 15 is 0 Å². The van der Waals surface area contributed by atoms with Crippen LogP contribution in [0.4, 0.5) is 4.79 Å². The average Bonchev–Trinajstić information content (AvgIpc) is 3.09. The van der Waals surface area contributed by atoms with Crippen molar-refractivity contribution in [2.24, 2.45) is 0 Å². The molecule has 1 aromatic carbocycles. The number of urea groups is 1. The van der Waals surface area contributed by atoms with Gasteiger partial charge in [-0.15, -0.1) is 10.2 Å². The normalized spacial score (nSPS) is 10.4. The standard InChI is InChI=1S/C17H17N5OS/c1-12-6-5-9-18-14(12)10-19-17(23)20-11-15-21-22-16(24-15)13-7-3-2-4-8-13/h2-9H,10-11H2,1H3,(H2,19,20,23). The first-order chi connectivity index (χ1) is 11.7. The summed E-state index contributed by atoms with van der Waals surface area (Å²) in [5.41, 5.74) is 2.93. The Morgan fingerprint density at radius 3 is 2.62 bits per heavy atom. The van der Waals surface area contributed by atoms with Crippen molar-refractivity contribution in [2.45, 2.75) is 20.0 Å². The number of pyridine rings is 1. The van der Waals surface area contributed by atoms with Gasteiger partial charge in [0.1, 0.15) is 10.0 Å². The third-order valence-electron chi connectivity index (χ3n) is 3.42. The van der Waals surface area contributed by atoms with E-state index in [1.54, 1.807) is 6.20 Å². The monoisotopic (exact) mass is 339 g/mol. The second-order valence-corrected chi connectivity index (χ2v) is 6.23. The minimum atomic E-state index is -0.253. The summed E-state index contributed by atoms with van der Waals surface area (Å²) < 4.78 is 0. The number of carbonyl (C=O) groups excluding carboxylic acids is 1. The molecular formula is C17H17N5OS. The number of amides is 2. The summed E-state index contributed by atoms with van der Waals surface area (Å²) in [4.78, 5) is 16.1. The second-order valence-electron chi connectivity index (χ2n) is 5.17. The maximum atomic E-state index is 11.9. The van der Waals surface area contributed by atoms with Gasteiger partial charge in [0.2, 0.25) is 0 Å². The van der Waals surface area contributed by atoms with Gasteiger partial charge in [0.15, 0.2) is 0 Å². The minimum absolute atomic E-state index is 0.253. The average molecular weight is 339 g/mol. The van der Waals surface area contributed by atoms with Gasteiger partial charge < -0.3 is 10.6 Å². The van der Waals surface area contributed by atoms with Crippen LogP contribution in [0.1, 0.15) is 16.3 Å². The molecule has 2 N–H and O–H groups in total. The largest absolute Gasteiger partial charge is 0.332 e. The van der Waals surface area contributed by atoms with Crippen LogP contribution in [-0.4, -0.2) is 21.2 Å². The highest BCUT2D eigenvalue weighted by molar-refractivity contribution is 7.14. The molecule has 0 aliphatic rings. The zero-order chi connectivity index (χ0) is 16.8. The first-order valence-electron chi connectivity index (χ1n) is 7.52. The molecule has 0 aliphatic carbocycles. The van der Waals surface area contributed by atoms with Gasteiger partial charge in [0, 0.05) is 11.8 Å². The van der Waals surface area contributed by atoms with Crippen molar-refractivity contribution in [3.63, 3.8) is 0 Å². The van der Waals surface area contributed by atoms with E-state index in [2.05, 4.69) is 25.8 Å². The molecule has 0 unspecified atom stereocenters. The molecule has 122 valence electrons. The second kappa shape index (κ2) is 7.65. The zero-order valence-corrected chi connectivity index (χ0v) is 14.0. The van der Waals surface area contributed by atoms with Crippen LogP contribution in [0, 0.1) is 6.92 Å². The number of rotatable bonds is 5. The highest BCUT2D eigenvalue weighted by Gasteiger charge is 2.08. The van der Waals surface area contributed by atoms with Crippen LogP contribution in [0.15, 0.2) is 48.7 Å². The van der Waals surface area contributed by atoms with Crippen LogP contribution in [0.3, 0.4) is 0 Å². The van der Waals surface area contributed by atoms with E-state index in [-0.39, 0.29) is 6.03 Å². The van der Waals surface area contributed by atoms with Gasteiger partial charge >= 0.3 is 6.03 Å². The smallest absolute Gasteiger partial charge is 0.315 e. The SMILES string of the molecule is Cc1cccnc1CNC(=O)NCc1nnc(-c2ccccc2)s1. The molecule has 0 fully saturated rings. The summed E-state index contributed by atoms with van der Waals surface area (Å²) in [7, 11) is 0. The number of nitrogens with one attached hydrogen (secondary N) is 2. The molecule has 0 saturated carbocycles. The Morgan fingerprint density at radius 2 is 1.83 bits per heavy atom. The highest BCUT2D eigenvalue weighted by atomic mass is 32.1. The Bertz CT molecular complexity index is 819. The molecule has 0 bridgehead atoms. The lowest BCUT2D eigenvalue weighted by atomic mass is 10.2. The number of aromatic nitrogens is 3. The Kier molecular flexibility index (Phi) is 5.12. The summed E-state index contributed by atoms with van der Waals surface area (Å²) >= 11 is 1.47. The molecule has 3 aromatic rings. The summed E-state index contributed by atoms with van der Waals surface area (Å²) in [6.45, 7) is 2.70. The fourth-order valence-corrected chi connectivity index (χ4v) is 2.89. The topological polar surface area (TPSA) is 79.8 Å². The van der Waals surface area contributed by atoms with Crippen molar-refractivity contribution in [3.05, 3.63) is 64.9 Å². The third kappa shape index (κ3) is 4.14. The fraction of sp³-hybridized carbons (Fsp3) is 0.176. The lowest BCUT2D eigenvalue weighted by Gasteiger charge is -2.07. The molecule has 3 rings (SSSR count). The van der Waals surface area contributed by atoms with Crippen LogP contribution in [0.25, 0.3) is 10.6 Å². The predicted octanol–water partition coefficient (Wildman–Crippen LogP) is 2.91. The number of aryl methyl sites for hydroxylation is 1.